The molecule has 0 aromatic heterocycles. The molecule has 7 nitrogen and oxygen atoms in total. The lowest BCUT2D eigenvalue weighted by Crippen LogP contribution is -2.39. The van der Waals surface area contributed by atoms with Gasteiger partial charge in [0.1, 0.15) is 5.84 Å². The van der Waals surface area contributed by atoms with E-state index >= 15 is 0 Å². The molecule has 2 N–H and O–H groups in total. The van der Waals surface area contributed by atoms with Crippen LogP contribution < -0.4 is 20.1 Å². The second-order valence-electron chi connectivity index (χ2n) is 7.85. The van der Waals surface area contributed by atoms with E-state index in [-0.39, 0.29) is 5.78 Å². The summed E-state index contributed by atoms with van der Waals surface area (Å²) in [6, 6.07) is 15.5. The number of rotatable bonds is 3. The molecular formula is C25H22N4O3. The van der Waals surface area contributed by atoms with E-state index in [0.29, 0.717) is 52.7 Å². The third kappa shape index (κ3) is 2.73. The van der Waals surface area contributed by atoms with Gasteiger partial charge in [-0.1, -0.05) is 24.3 Å². The van der Waals surface area contributed by atoms with Crippen molar-refractivity contribution in [1.82, 2.24) is 0 Å². The first-order valence-electron chi connectivity index (χ1n) is 10.5. The number of amidine groups is 1. The highest BCUT2D eigenvalue weighted by Gasteiger charge is 2.44. The van der Waals surface area contributed by atoms with Gasteiger partial charge in [0.2, 0.25) is 0 Å². The lowest BCUT2D eigenvalue weighted by Gasteiger charge is -2.42. The number of anilines is 1. The highest BCUT2D eigenvalue weighted by atomic mass is 16.5. The quantitative estimate of drug-likeness (QED) is 0.802. The van der Waals surface area contributed by atoms with Gasteiger partial charge in [0.05, 0.1) is 37.5 Å². The average Bonchev–Trinajstić information content (AvgIpc) is 2.82. The van der Waals surface area contributed by atoms with Crippen LogP contribution in [0.2, 0.25) is 0 Å². The summed E-state index contributed by atoms with van der Waals surface area (Å²) in [5.74, 6) is 1.28. The molecule has 160 valence electrons. The van der Waals surface area contributed by atoms with Gasteiger partial charge in [0, 0.05) is 28.8 Å². The minimum Gasteiger partial charge on any atom is -0.493 e. The Morgan fingerprint density at radius 1 is 1.12 bits per heavy atom. The molecule has 0 radical (unpaired) electrons. The van der Waals surface area contributed by atoms with Crippen LogP contribution in [0.4, 0.5) is 5.69 Å². The smallest absolute Gasteiger partial charge is 0.164 e. The van der Waals surface area contributed by atoms with Crippen LogP contribution in [0.3, 0.4) is 0 Å². The number of hydrogen-bond donors (Lipinski definition) is 1. The largest absolute Gasteiger partial charge is 0.493 e. The number of nitrogens with zero attached hydrogens (tertiary/aromatic N) is 3. The lowest BCUT2D eigenvalue weighted by atomic mass is 9.75. The number of Topliss-reactive ketones (excluding diaryl/α,β-unsaturated/α-hetero) is 1. The Labute approximate surface area is 186 Å². The molecule has 5 rings (SSSR count). The molecule has 32 heavy (non-hydrogen) atoms. The number of carbonyl (C=O) groups is 1. The van der Waals surface area contributed by atoms with Gasteiger partial charge in [-0.3, -0.25) is 9.69 Å². The molecule has 0 amide bonds. The van der Waals surface area contributed by atoms with Gasteiger partial charge in [0.15, 0.2) is 23.1 Å². The zero-order valence-corrected chi connectivity index (χ0v) is 17.9. The van der Waals surface area contributed by atoms with Gasteiger partial charge in [-0.25, -0.2) is 4.99 Å². The van der Waals surface area contributed by atoms with Crippen molar-refractivity contribution in [1.29, 1.82) is 5.26 Å². The predicted molar refractivity (Wildman–Crippen MR) is 120 cm³/mol. The first-order valence-corrected chi connectivity index (χ1v) is 10.5. The second kappa shape index (κ2) is 7.57. The normalized spacial score (nSPS) is 19.5. The number of allylic oxidation sites excluding steroid dienone is 3. The van der Waals surface area contributed by atoms with Gasteiger partial charge >= 0.3 is 0 Å². The van der Waals surface area contributed by atoms with Crippen LogP contribution in [-0.4, -0.2) is 25.8 Å². The maximum atomic E-state index is 13.3. The van der Waals surface area contributed by atoms with Crippen molar-refractivity contribution in [3.05, 3.63) is 76.3 Å². The Morgan fingerprint density at radius 2 is 1.94 bits per heavy atom. The van der Waals surface area contributed by atoms with Crippen LogP contribution in [0.25, 0.3) is 0 Å². The van der Waals surface area contributed by atoms with Crippen molar-refractivity contribution < 1.29 is 14.3 Å². The molecule has 0 spiro atoms. The highest BCUT2D eigenvalue weighted by molar-refractivity contribution is 6.08. The summed E-state index contributed by atoms with van der Waals surface area (Å²) < 4.78 is 11.2. The maximum Gasteiger partial charge on any atom is 0.164 e. The third-order valence-electron chi connectivity index (χ3n) is 6.24. The van der Waals surface area contributed by atoms with Crippen LogP contribution in [0, 0.1) is 11.3 Å². The highest BCUT2D eigenvalue weighted by Crippen LogP contribution is 2.52. The number of methoxy groups -OCH3 is 2. The fourth-order valence-corrected chi connectivity index (χ4v) is 4.92. The molecule has 0 fully saturated rings. The fraction of sp³-hybridized carbons (Fsp3) is 0.240. The van der Waals surface area contributed by atoms with Crippen LogP contribution >= 0.6 is 0 Å². The lowest BCUT2D eigenvalue weighted by molar-refractivity contribution is -0.116. The van der Waals surface area contributed by atoms with Crippen LogP contribution in [0.5, 0.6) is 11.5 Å². The van der Waals surface area contributed by atoms with Crippen molar-refractivity contribution >= 4 is 17.3 Å². The Balaban J connectivity index is 1.85. The summed E-state index contributed by atoms with van der Waals surface area (Å²) >= 11 is 0. The van der Waals surface area contributed by atoms with Crippen molar-refractivity contribution in [2.45, 2.75) is 25.2 Å². The predicted octanol–water partition coefficient (Wildman–Crippen LogP) is 3.77. The molecule has 1 atom stereocenters. The van der Waals surface area contributed by atoms with Crippen LogP contribution in [-0.2, 0) is 4.79 Å². The maximum absolute atomic E-state index is 13.3. The molecule has 2 aromatic rings. The topological polar surface area (TPSA) is 101 Å². The summed E-state index contributed by atoms with van der Waals surface area (Å²) in [6.07, 6.45) is 1.89. The summed E-state index contributed by atoms with van der Waals surface area (Å²) in [4.78, 5) is 19.9. The number of aliphatic imine (C=N–C) groups is 1. The van der Waals surface area contributed by atoms with Crippen LogP contribution in [0.15, 0.2) is 70.1 Å². The molecule has 2 heterocycles. The molecule has 7 heteroatoms. The molecule has 2 aromatic carbocycles. The minimum absolute atomic E-state index is 0.0351. The molecule has 0 bridgehead atoms. The summed E-state index contributed by atoms with van der Waals surface area (Å²) in [6.45, 7) is 0. The van der Waals surface area contributed by atoms with Gasteiger partial charge in [-0.15, -0.1) is 0 Å². The van der Waals surface area contributed by atoms with E-state index in [1.54, 1.807) is 20.3 Å². The Bertz CT molecular complexity index is 1280. The summed E-state index contributed by atoms with van der Waals surface area (Å²) in [5.41, 5.74) is 10.5. The van der Waals surface area contributed by atoms with Crippen molar-refractivity contribution in [2.75, 3.05) is 19.1 Å². The number of carbonyl (C=O) groups excluding carboxylic acids is 1. The minimum atomic E-state index is -0.610. The zero-order valence-electron chi connectivity index (χ0n) is 17.9. The molecule has 0 saturated carbocycles. The molecule has 0 unspecified atom stereocenters. The first kappa shape index (κ1) is 19.9. The number of benzene rings is 2. The van der Waals surface area contributed by atoms with Crippen molar-refractivity contribution in [2.24, 2.45) is 10.7 Å². The van der Waals surface area contributed by atoms with E-state index in [1.807, 2.05) is 41.3 Å². The number of nitriles is 1. The molecule has 1 aliphatic carbocycles. The van der Waals surface area contributed by atoms with Gasteiger partial charge in [-0.2, -0.15) is 5.26 Å². The van der Waals surface area contributed by atoms with Gasteiger partial charge in [-0.05, 0) is 31.0 Å². The standard InChI is InChI=1S/C25H22N4O3/c1-31-20-12-5-8-15(23(20)32-2)21-16(13-26)25-28-24(27)14-7-3-4-9-17(14)29(25)18-10-6-11-19(30)22(18)21/h3-5,7-9,12,21H,6,10-11H2,1-2H3,(H2,27,28)/t21-/m0/s1. The van der Waals surface area contributed by atoms with Gasteiger partial charge < -0.3 is 15.2 Å². The summed E-state index contributed by atoms with van der Waals surface area (Å²) in [5, 5.41) is 10.3. The monoisotopic (exact) mass is 426 g/mol. The van der Waals surface area contributed by atoms with E-state index in [1.165, 1.54) is 0 Å². The third-order valence-corrected chi connectivity index (χ3v) is 6.24. The molecule has 0 saturated heterocycles. The number of hydrogen-bond acceptors (Lipinski definition) is 7. The van der Waals surface area contributed by atoms with E-state index in [2.05, 4.69) is 11.1 Å². The van der Waals surface area contributed by atoms with E-state index in [0.717, 1.165) is 23.4 Å². The van der Waals surface area contributed by atoms with E-state index in [4.69, 9.17) is 15.2 Å². The summed E-state index contributed by atoms with van der Waals surface area (Å²) in [7, 11) is 3.12. The van der Waals surface area contributed by atoms with E-state index < -0.39 is 5.92 Å². The van der Waals surface area contributed by atoms with Crippen molar-refractivity contribution in [3.8, 4) is 17.6 Å². The second-order valence-corrected chi connectivity index (χ2v) is 7.85. The number of para-hydroxylation sites is 2. The fourth-order valence-electron chi connectivity index (χ4n) is 4.92. The molecular weight excluding hydrogens is 404 g/mol. The Kier molecular flexibility index (Phi) is 4.71. The average molecular weight is 426 g/mol. The first-order chi connectivity index (χ1) is 15.6. The molecule has 3 aliphatic rings. The van der Waals surface area contributed by atoms with Gasteiger partial charge in [0.25, 0.3) is 0 Å². The Hall–Kier alpha value is -4.05. The SMILES string of the molecule is COc1cccc([C@H]2C(C#N)=C3N=C(N)c4ccccc4N3C3=C2C(=O)CCC3)c1OC. The number of ether oxygens (including phenoxy) is 2. The number of fused-ring (bicyclic) bond motifs is 4. The van der Waals surface area contributed by atoms with Crippen molar-refractivity contribution in [3.63, 3.8) is 0 Å². The number of nitrogens with two attached hydrogens (primary N) is 1. The Morgan fingerprint density at radius 3 is 2.69 bits per heavy atom. The number of ketones is 1. The zero-order chi connectivity index (χ0) is 22.4. The van der Waals surface area contributed by atoms with Crippen LogP contribution in [0.1, 0.15) is 36.3 Å². The van der Waals surface area contributed by atoms with E-state index in [9.17, 15) is 10.1 Å². The molecule has 2 aliphatic heterocycles.